The van der Waals surface area contributed by atoms with Crippen LogP contribution in [0, 0.1) is 0 Å². The summed E-state index contributed by atoms with van der Waals surface area (Å²) in [5.74, 6) is -6.74. The normalized spacial score (nSPS) is 15.9. The van der Waals surface area contributed by atoms with Crippen LogP contribution in [0.1, 0.15) is 17.8 Å². The largest absolute Gasteiger partial charge is 0.573 e. The number of halogens is 3. The summed E-state index contributed by atoms with van der Waals surface area (Å²) in [7, 11) is -4.48. The zero-order valence-electron chi connectivity index (χ0n) is 14.0. The highest BCUT2D eigenvalue weighted by Gasteiger charge is 2.35. The van der Waals surface area contributed by atoms with Gasteiger partial charge >= 0.3 is 18.3 Å². The minimum atomic E-state index is -5.19. The van der Waals surface area contributed by atoms with E-state index in [0.29, 0.717) is 6.07 Å². The van der Waals surface area contributed by atoms with Gasteiger partial charge in [-0.1, -0.05) is 6.07 Å². The Morgan fingerprint density at radius 2 is 1.82 bits per heavy atom. The molecule has 0 radical (unpaired) electrons. The van der Waals surface area contributed by atoms with Gasteiger partial charge in [-0.25, -0.2) is 4.79 Å². The van der Waals surface area contributed by atoms with Crippen LogP contribution in [0.3, 0.4) is 0 Å². The van der Waals surface area contributed by atoms with Crippen LogP contribution >= 0.6 is 7.37 Å². The monoisotopic (exact) mass is 431 g/mol. The second-order valence-electron chi connectivity index (χ2n) is 5.52. The molecule has 6 N–H and O–H groups in total. The molecule has 28 heavy (non-hydrogen) atoms. The summed E-state index contributed by atoms with van der Waals surface area (Å²) in [4.78, 5) is 31.1. The fourth-order valence-corrected chi connectivity index (χ4v) is 3.47. The summed E-state index contributed by atoms with van der Waals surface area (Å²) < 4.78 is 58.2. The summed E-state index contributed by atoms with van der Waals surface area (Å²) in [5.41, 5.74) is 4.75. The molecule has 0 amide bonds. The summed E-state index contributed by atoms with van der Waals surface area (Å²) in [6, 6.07) is 0.856. The van der Waals surface area contributed by atoms with Gasteiger partial charge in [-0.05, 0) is 24.1 Å². The Labute approximate surface area is 155 Å². The van der Waals surface area contributed by atoms with Crippen LogP contribution in [0.4, 0.5) is 13.2 Å². The number of aliphatic hydroxyl groups is 1. The van der Waals surface area contributed by atoms with E-state index in [4.69, 9.17) is 15.9 Å². The number of carboxylic acid groups (broad SMARTS) is 2. The zero-order valence-corrected chi connectivity index (χ0v) is 14.9. The van der Waals surface area contributed by atoms with Crippen molar-refractivity contribution >= 4 is 19.3 Å². The van der Waals surface area contributed by atoms with E-state index in [-0.39, 0.29) is 0 Å². The van der Waals surface area contributed by atoms with Crippen molar-refractivity contribution in [2.45, 2.75) is 24.7 Å². The summed E-state index contributed by atoms with van der Waals surface area (Å²) in [5, 5.41) is 27.3. The molecule has 14 heteroatoms. The molecule has 0 aliphatic heterocycles. The Morgan fingerprint density at radius 3 is 2.32 bits per heavy atom. The summed E-state index contributed by atoms with van der Waals surface area (Å²) in [6.45, 7) is -0.984. The van der Waals surface area contributed by atoms with Crippen LogP contribution in [-0.2, 0) is 14.2 Å². The van der Waals surface area contributed by atoms with Gasteiger partial charge in [0, 0.05) is 6.16 Å². The van der Waals surface area contributed by atoms with Gasteiger partial charge in [0.2, 0.25) is 7.37 Å². The van der Waals surface area contributed by atoms with E-state index >= 15 is 0 Å². The number of nitrogens with two attached hydrogens (primary N) is 1. The number of hydrogen-bond acceptors (Lipinski definition) is 7. The molecule has 1 aromatic rings. The number of carboxylic acids is 2. The molecule has 3 atom stereocenters. The fraction of sp³-hybridized carbons (Fsp3) is 0.429. The van der Waals surface area contributed by atoms with Crippen molar-refractivity contribution in [3.05, 3.63) is 23.8 Å². The number of ether oxygens (including phenoxy) is 2. The van der Waals surface area contributed by atoms with Crippen LogP contribution in [0.25, 0.3) is 0 Å². The Kier molecular flexibility index (Phi) is 7.82. The van der Waals surface area contributed by atoms with E-state index in [0.717, 1.165) is 12.1 Å². The lowest BCUT2D eigenvalue weighted by atomic mass is 10.2. The Balaban J connectivity index is 3.11. The smallest absolute Gasteiger partial charge is 0.480 e. The first-order valence-corrected chi connectivity index (χ1v) is 9.36. The first-order chi connectivity index (χ1) is 12.7. The van der Waals surface area contributed by atoms with E-state index in [1.54, 1.807) is 0 Å². The molecule has 1 rings (SSSR count). The lowest BCUT2D eigenvalue weighted by molar-refractivity contribution is -0.275. The van der Waals surface area contributed by atoms with E-state index in [2.05, 4.69) is 9.47 Å². The number of aliphatic hydroxyl groups excluding tert-OH is 1. The molecular weight excluding hydrogens is 414 g/mol. The SMILES string of the molecule is N[C@@H](CCP(=O)(O)C(O)c1ccc(OCC(=O)O)c(OC(F)(F)F)c1)C(=O)O. The van der Waals surface area contributed by atoms with Gasteiger partial charge in [0.25, 0.3) is 0 Å². The predicted octanol–water partition coefficient (Wildman–Crippen LogP) is 1.11. The van der Waals surface area contributed by atoms with E-state index in [1.807, 2.05) is 0 Å². The predicted molar refractivity (Wildman–Crippen MR) is 86.1 cm³/mol. The quantitative estimate of drug-likeness (QED) is 0.337. The van der Waals surface area contributed by atoms with Crippen LogP contribution in [0.5, 0.6) is 11.5 Å². The molecule has 0 heterocycles. The molecule has 0 bridgehead atoms. The number of rotatable bonds is 10. The highest BCUT2D eigenvalue weighted by atomic mass is 31.2. The lowest BCUT2D eigenvalue weighted by Gasteiger charge is -2.21. The maximum atomic E-state index is 12.5. The maximum Gasteiger partial charge on any atom is 0.573 e. The van der Waals surface area contributed by atoms with Crippen molar-refractivity contribution < 1.29 is 57.0 Å². The number of alkyl halides is 3. The average Bonchev–Trinajstić information content (AvgIpc) is 2.56. The first kappa shape index (κ1) is 23.7. The average molecular weight is 431 g/mol. The van der Waals surface area contributed by atoms with Gasteiger partial charge in [0.1, 0.15) is 6.04 Å². The third-order valence-corrected chi connectivity index (χ3v) is 5.26. The molecular formula is C14H17F3NO9P. The Morgan fingerprint density at radius 1 is 1.21 bits per heavy atom. The van der Waals surface area contributed by atoms with Crippen molar-refractivity contribution in [3.63, 3.8) is 0 Å². The molecule has 0 spiro atoms. The van der Waals surface area contributed by atoms with Gasteiger partial charge < -0.3 is 35.4 Å². The minimum Gasteiger partial charge on any atom is -0.480 e. The fourth-order valence-electron chi connectivity index (χ4n) is 1.95. The summed E-state index contributed by atoms with van der Waals surface area (Å²) >= 11 is 0. The van der Waals surface area contributed by atoms with Crippen molar-refractivity contribution in [2.75, 3.05) is 12.8 Å². The first-order valence-electron chi connectivity index (χ1n) is 7.45. The Bertz CT molecular complexity index is 771. The van der Waals surface area contributed by atoms with Crippen LogP contribution in [0.15, 0.2) is 18.2 Å². The molecule has 1 aromatic carbocycles. The number of hydrogen-bond donors (Lipinski definition) is 5. The van der Waals surface area contributed by atoms with Crippen LogP contribution < -0.4 is 15.2 Å². The third kappa shape index (κ3) is 7.35. The highest BCUT2D eigenvalue weighted by molar-refractivity contribution is 7.58. The molecule has 0 aromatic heterocycles. The topological polar surface area (TPSA) is 177 Å². The van der Waals surface area contributed by atoms with Crippen LogP contribution in [-0.4, -0.2) is 57.3 Å². The number of benzene rings is 1. The van der Waals surface area contributed by atoms with Gasteiger partial charge in [0.15, 0.2) is 24.0 Å². The minimum absolute atomic E-state index is 0.461. The van der Waals surface area contributed by atoms with Crippen molar-refractivity contribution in [1.82, 2.24) is 0 Å². The summed E-state index contributed by atoms with van der Waals surface area (Å²) in [6.07, 6.45) is -6.37. The molecule has 0 aliphatic carbocycles. The van der Waals surface area contributed by atoms with Gasteiger partial charge in [0.05, 0.1) is 0 Å². The molecule has 0 saturated heterocycles. The van der Waals surface area contributed by atoms with Crippen molar-refractivity contribution in [2.24, 2.45) is 5.73 Å². The lowest BCUT2D eigenvalue weighted by Crippen LogP contribution is -2.31. The van der Waals surface area contributed by atoms with E-state index in [9.17, 15) is 37.3 Å². The van der Waals surface area contributed by atoms with Gasteiger partial charge in [-0.3, -0.25) is 9.36 Å². The molecule has 2 unspecified atom stereocenters. The zero-order chi connectivity index (χ0) is 21.7. The van der Waals surface area contributed by atoms with E-state index in [1.165, 1.54) is 0 Å². The number of carbonyl (C=O) groups is 2. The molecule has 0 saturated carbocycles. The highest BCUT2D eigenvalue weighted by Crippen LogP contribution is 2.55. The number of aliphatic carboxylic acids is 2. The Hall–Kier alpha value is -2.34. The van der Waals surface area contributed by atoms with Gasteiger partial charge in [-0.2, -0.15) is 0 Å². The second-order valence-corrected chi connectivity index (χ2v) is 7.97. The molecule has 0 aliphatic rings. The van der Waals surface area contributed by atoms with Gasteiger partial charge in [-0.15, -0.1) is 13.2 Å². The van der Waals surface area contributed by atoms with E-state index < -0.39 is 73.8 Å². The second kappa shape index (κ2) is 9.24. The van der Waals surface area contributed by atoms with Crippen LogP contribution in [0.2, 0.25) is 0 Å². The molecule has 158 valence electrons. The van der Waals surface area contributed by atoms with Crippen molar-refractivity contribution in [1.29, 1.82) is 0 Å². The van der Waals surface area contributed by atoms with Crippen molar-refractivity contribution in [3.8, 4) is 11.5 Å². The molecule has 0 fully saturated rings. The maximum absolute atomic E-state index is 12.5. The standard InChI is InChI=1S/C14H17F3NO9P/c15-14(16,17)27-10-5-7(1-2-9(10)26-6-11(19)20)13(23)28(24,25)4-3-8(18)12(21)22/h1-2,5,8,13,23H,3-4,6,18H2,(H,19,20)(H,21,22)(H,24,25)/t8-,13?/m0/s1. The molecule has 10 nitrogen and oxygen atoms in total. The third-order valence-electron chi connectivity index (χ3n) is 3.30.